The molecule has 11 heteroatoms. The summed E-state index contributed by atoms with van der Waals surface area (Å²) >= 11 is 0. The zero-order valence-corrected chi connectivity index (χ0v) is 19.1. The van der Waals surface area contributed by atoms with Gasteiger partial charge in [0, 0.05) is 24.2 Å². The van der Waals surface area contributed by atoms with Gasteiger partial charge in [0.1, 0.15) is 11.6 Å². The van der Waals surface area contributed by atoms with E-state index in [2.05, 4.69) is 20.1 Å². The second kappa shape index (κ2) is 7.86. The van der Waals surface area contributed by atoms with Crippen molar-refractivity contribution in [1.29, 1.82) is 0 Å². The number of nitrogens with zero attached hydrogens (tertiary/aromatic N) is 7. The third-order valence-electron chi connectivity index (χ3n) is 7.21. The number of alkyl halides is 3. The number of halogens is 3. The Morgan fingerprint density at radius 3 is 2.53 bits per heavy atom. The Hall–Kier alpha value is -2.82. The Morgan fingerprint density at radius 2 is 1.79 bits per heavy atom. The Morgan fingerprint density at radius 1 is 1.03 bits per heavy atom. The second-order valence-corrected chi connectivity index (χ2v) is 9.67. The number of morpholine rings is 1. The molecule has 0 amide bonds. The van der Waals surface area contributed by atoms with E-state index in [1.54, 1.807) is 0 Å². The lowest BCUT2D eigenvalue weighted by molar-refractivity contribution is -0.197. The van der Waals surface area contributed by atoms with Crippen LogP contribution in [0.1, 0.15) is 66.4 Å². The van der Waals surface area contributed by atoms with Crippen LogP contribution < -0.4 is 4.90 Å². The third-order valence-corrected chi connectivity index (χ3v) is 7.21. The maximum atomic E-state index is 13.2. The molecule has 3 aliphatic rings. The monoisotopic (exact) mass is 473 g/mol. The fraction of sp³-hybridized carbons (Fsp3) is 0.609. The molecule has 2 aliphatic carbocycles. The van der Waals surface area contributed by atoms with Crippen molar-refractivity contribution in [3.63, 3.8) is 0 Å². The van der Waals surface area contributed by atoms with Crippen molar-refractivity contribution in [2.24, 2.45) is 5.92 Å². The summed E-state index contributed by atoms with van der Waals surface area (Å²) in [6, 6.07) is 0.494. The van der Waals surface area contributed by atoms with Crippen LogP contribution in [0.4, 0.5) is 19.1 Å². The van der Waals surface area contributed by atoms with Crippen molar-refractivity contribution in [1.82, 2.24) is 29.7 Å². The van der Waals surface area contributed by atoms with Crippen LogP contribution in [0.5, 0.6) is 0 Å². The molecule has 8 nitrogen and oxygen atoms in total. The third kappa shape index (κ3) is 3.89. The van der Waals surface area contributed by atoms with Crippen LogP contribution in [-0.2, 0) is 4.74 Å². The first-order valence-corrected chi connectivity index (χ1v) is 11.8. The van der Waals surface area contributed by atoms with E-state index in [-0.39, 0.29) is 24.9 Å². The van der Waals surface area contributed by atoms with Crippen molar-refractivity contribution >= 4 is 17.1 Å². The van der Waals surface area contributed by atoms with Gasteiger partial charge in [0.25, 0.3) is 0 Å². The Labute approximate surface area is 194 Å². The highest BCUT2D eigenvalue weighted by Gasteiger charge is 2.49. The maximum absolute atomic E-state index is 13.2. The van der Waals surface area contributed by atoms with E-state index in [0.717, 1.165) is 29.8 Å². The van der Waals surface area contributed by atoms with Gasteiger partial charge in [-0.1, -0.05) is 0 Å². The van der Waals surface area contributed by atoms with Gasteiger partial charge in [-0.05, 0) is 39.5 Å². The van der Waals surface area contributed by atoms with Gasteiger partial charge < -0.3 is 9.64 Å². The van der Waals surface area contributed by atoms with E-state index >= 15 is 0 Å². The molecule has 4 heterocycles. The Kier molecular flexibility index (Phi) is 5.02. The highest BCUT2D eigenvalue weighted by molar-refractivity contribution is 5.75. The summed E-state index contributed by atoms with van der Waals surface area (Å²) in [7, 11) is 0. The molecule has 3 aromatic heterocycles. The quantitative estimate of drug-likeness (QED) is 0.562. The molecular weight excluding hydrogens is 447 g/mol. The first kappa shape index (κ1) is 21.7. The summed E-state index contributed by atoms with van der Waals surface area (Å²) in [4.78, 5) is 20.7. The average molecular weight is 474 g/mol. The number of aryl methyl sites for hydroxylation is 2. The topological polar surface area (TPSA) is 81.9 Å². The largest absolute Gasteiger partial charge is 0.391 e. The van der Waals surface area contributed by atoms with Crippen LogP contribution in [0.25, 0.3) is 11.2 Å². The minimum absolute atomic E-state index is 0.0236. The molecule has 1 saturated heterocycles. The lowest BCUT2D eigenvalue weighted by atomic mass is 9.72. The average Bonchev–Trinajstić information content (AvgIpc) is 3.49. The minimum atomic E-state index is -4.18. The summed E-state index contributed by atoms with van der Waals surface area (Å²) in [5.74, 6) is -1.12. The van der Waals surface area contributed by atoms with Crippen LogP contribution in [0, 0.1) is 19.8 Å². The van der Waals surface area contributed by atoms with Crippen LogP contribution in [0.2, 0.25) is 0 Å². The van der Waals surface area contributed by atoms with E-state index in [1.165, 1.54) is 0 Å². The molecule has 0 radical (unpaired) electrons. The van der Waals surface area contributed by atoms with E-state index in [0.29, 0.717) is 48.5 Å². The van der Waals surface area contributed by atoms with Crippen molar-refractivity contribution < 1.29 is 17.9 Å². The number of hydrogen-bond acceptors (Lipinski definition) is 7. The molecule has 0 aromatic carbocycles. The molecule has 180 valence electrons. The van der Waals surface area contributed by atoms with Gasteiger partial charge in [-0.15, -0.1) is 0 Å². The van der Waals surface area contributed by atoms with Gasteiger partial charge in [0.15, 0.2) is 5.65 Å². The normalized spacial score (nSPS) is 25.6. The van der Waals surface area contributed by atoms with Crippen LogP contribution in [0.3, 0.4) is 0 Å². The molecular formula is C23H26F3N7O. The standard InChI is InChI=1S/C23H26F3N7O/c1-12-13(2)29-21-20(28-12)19(14-7-16(8-14)23(24,25)26)30-22(31-21)32-5-6-34-18(11-32)15-9-27-33(10-15)17-3-4-17/h9-10,14,16-18H,3-8,11H2,1-2H3/t14?,16?,18-/m1/s1. The molecule has 3 fully saturated rings. The summed E-state index contributed by atoms with van der Waals surface area (Å²) < 4.78 is 47.5. The van der Waals surface area contributed by atoms with E-state index in [1.807, 2.05) is 35.8 Å². The fourth-order valence-electron chi connectivity index (χ4n) is 4.75. The molecule has 1 aliphatic heterocycles. The highest BCUT2D eigenvalue weighted by atomic mass is 19.4. The molecule has 0 bridgehead atoms. The molecule has 0 unspecified atom stereocenters. The number of aromatic nitrogens is 6. The number of hydrogen-bond donors (Lipinski definition) is 0. The van der Waals surface area contributed by atoms with Crippen molar-refractivity contribution in [2.75, 3.05) is 24.6 Å². The predicted molar refractivity (Wildman–Crippen MR) is 118 cm³/mol. The summed E-state index contributed by atoms with van der Waals surface area (Å²) in [6.07, 6.45) is 1.90. The van der Waals surface area contributed by atoms with Crippen molar-refractivity contribution in [3.05, 3.63) is 35.0 Å². The van der Waals surface area contributed by atoms with Gasteiger partial charge >= 0.3 is 6.18 Å². The van der Waals surface area contributed by atoms with E-state index in [9.17, 15) is 13.2 Å². The van der Waals surface area contributed by atoms with Gasteiger partial charge in [-0.2, -0.15) is 23.3 Å². The molecule has 2 saturated carbocycles. The van der Waals surface area contributed by atoms with E-state index in [4.69, 9.17) is 9.72 Å². The van der Waals surface area contributed by atoms with Gasteiger partial charge in [-0.25, -0.2) is 15.0 Å². The minimum Gasteiger partial charge on any atom is -0.370 e. The number of ether oxygens (including phenoxy) is 1. The Bertz CT molecular complexity index is 1230. The summed E-state index contributed by atoms with van der Waals surface area (Å²) in [5, 5.41) is 4.47. The second-order valence-electron chi connectivity index (χ2n) is 9.67. The number of anilines is 1. The zero-order chi connectivity index (χ0) is 23.6. The van der Waals surface area contributed by atoms with Crippen LogP contribution in [0.15, 0.2) is 12.4 Å². The number of fused-ring (bicyclic) bond motifs is 1. The lowest BCUT2D eigenvalue weighted by Crippen LogP contribution is -2.40. The van der Waals surface area contributed by atoms with Crippen molar-refractivity contribution in [2.45, 2.75) is 63.8 Å². The molecule has 34 heavy (non-hydrogen) atoms. The molecule has 1 atom stereocenters. The van der Waals surface area contributed by atoms with Crippen molar-refractivity contribution in [3.8, 4) is 0 Å². The lowest BCUT2D eigenvalue weighted by Gasteiger charge is -2.37. The van der Waals surface area contributed by atoms with Gasteiger partial charge in [-0.3, -0.25) is 4.68 Å². The first-order chi connectivity index (χ1) is 16.3. The van der Waals surface area contributed by atoms with Gasteiger partial charge in [0.05, 0.1) is 48.4 Å². The Balaban J connectivity index is 1.32. The zero-order valence-electron chi connectivity index (χ0n) is 19.1. The number of rotatable bonds is 4. The summed E-state index contributed by atoms with van der Waals surface area (Å²) in [6.45, 7) is 5.32. The molecule has 0 N–H and O–H groups in total. The highest BCUT2D eigenvalue weighted by Crippen LogP contribution is 2.50. The molecule has 6 rings (SSSR count). The maximum Gasteiger partial charge on any atom is 0.391 e. The van der Waals surface area contributed by atoms with Crippen LogP contribution >= 0.6 is 0 Å². The predicted octanol–water partition coefficient (Wildman–Crippen LogP) is 4.20. The molecule has 3 aromatic rings. The first-order valence-electron chi connectivity index (χ1n) is 11.8. The van der Waals surface area contributed by atoms with Gasteiger partial charge in [0.2, 0.25) is 5.95 Å². The molecule has 0 spiro atoms. The fourth-order valence-corrected chi connectivity index (χ4v) is 4.75. The SMILES string of the molecule is Cc1nc2nc(N3CCO[C@@H](c4cnn(C5CC5)c4)C3)nc(C3CC(C(F)(F)F)C3)c2nc1C. The van der Waals surface area contributed by atoms with E-state index < -0.39 is 12.1 Å². The summed E-state index contributed by atoms with van der Waals surface area (Å²) in [5.41, 5.74) is 4.00. The van der Waals surface area contributed by atoms with Crippen LogP contribution in [-0.4, -0.2) is 55.6 Å². The smallest absolute Gasteiger partial charge is 0.370 e.